The van der Waals surface area contributed by atoms with Crippen molar-refractivity contribution < 1.29 is 13.7 Å². The van der Waals surface area contributed by atoms with Crippen molar-refractivity contribution in [2.45, 2.75) is 26.9 Å². The average molecular weight is 236 g/mol. The maximum absolute atomic E-state index is 11.0. The SMILES string of the molecule is CP/C=C/SOC(=O)OC(C)C(C)C. The van der Waals surface area contributed by atoms with Crippen molar-refractivity contribution in [1.29, 1.82) is 0 Å². The molecule has 0 bridgehead atoms. The second kappa shape index (κ2) is 8.13. The molecule has 0 aromatic rings. The third-order valence-corrected chi connectivity index (χ3v) is 2.85. The van der Waals surface area contributed by atoms with E-state index >= 15 is 0 Å². The highest BCUT2D eigenvalue weighted by molar-refractivity contribution is 7.98. The van der Waals surface area contributed by atoms with Crippen molar-refractivity contribution in [1.82, 2.24) is 0 Å². The van der Waals surface area contributed by atoms with Crippen LogP contribution in [-0.2, 0) is 8.92 Å². The lowest BCUT2D eigenvalue weighted by Crippen LogP contribution is -2.19. The van der Waals surface area contributed by atoms with Crippen molar-refractivity contribution in [2.75, 3.05) is 6.66 Å². The van der Waals surface area contributed by atoms with Crippen LogP contribution in [-0.4, -0.2) is 18.9 Å². The number of carbonyl (C=O) groups excluding carboxylic acids is 1. The lowest BCUT2D eigenvalue weighted by atomic mass is 10.1. The Hall–Kier alpha value is -0.210. The Kier molecular flexibility index (Phi) is 8.01. The summed E-state index contributed by atoms with van der Waals surface area (Å²) in [6.45, 7) is 7.86. The van der Waals surface area contributed by atoms with Gasteiger partial charge in [0, 0.05) is 5.41 Å². The lowest BCUT2D eigenvalue weighted by Gasteiger charge is -2.14. The minimum Gasteiger partial charge on any atom is -0.430 e. The number of rotatable bonds is 5. The summed E-state index contributed by atoms with van der Waals surface area (Å²) in [5, 5.41) is 1.74. The first-order valence-electron chi connectivity index (χ1n) is 4.44. The zero-order valence-electron chi connectivity index (χ0n) is 8.94. The summed E-state index contributed by atoms with van der Waals surface area (Å²) in [6.07, 6.45) is -0.736. The van der Waals surface area contributed by atoms with Crippen LogP contribution < -0.4 is 0 Å². The van der Waals surface area contributed by atoms with Gasteiger partial charge < -0.3 is 8.92 Å². The molecule has 0 N–H and O–H groups in total. The Morgan fingerprint density at radius 3 is 2.57 bits per heavy atom. The fraction of sp³-hybridized carbons (Fsp3) is 0.667. The zero-order valence-corrected chi connectivity index (χ0v) is 10.8. The van der Waals surface area contributed by atoms with Gasteiger partial charge in [0.15, 0.2) is 0 Å². The first kappa shape index (κ1) is 13.8. The van der Waals surface area contributed by atoms with Gasteiger partial charge in [0.2, 0.25) is 0 Å². The number of carbonyl (C=O) groups is 1. The molecule has 0 aliphatic carbocycles. The number of hydrogen-bond acceptors (Lipinski definition) is 4. The minimum atomic E-state index is -0.625. The molecular weight excluding hydrogens is 219 g/mol. The number of ether oxygens (including phenoxy) is 1. The summed E-state index contributed by atoms with van der Waals surface area (Å²) in [5.41, 5.74) is 0. The molecule has 0 heterocycles. The Bertz CT molecular complexity index is 194. The van der Waals surface area contributed by atoms with E-state index in [1.54, 1.807) is 5.41 Å². The fourth-order valence-corrected chi connectivity index (χ4v) is 1.41. The molecule has 82 valence electrons. The van der Waals surface area contributed by atoms with Gasteiger partial charge in [0.1, 0.15) is 6.10 Å². The first-order valence-corrected chi connectivity index (χ1v) is 6.82. The Morgan fingerprint density at radius 1 is 1.43 bits per heavy atom. The molecule has 0 saturated heterocycles. The summed E-state index contributed by atoms with van der Waals surface area (Å²) < 4.78 is 9.72. The van der Waals surface area contributed by atoms with Crippen molar-refractivity contribution in [3.8, 4) is 0 Å². The highest BCUT2D eigenvalue weighted by Crippen LogP contribution is 2.14. The van der Waals surface area contributed by atoms with E-state index in [-0.39, 0.29) is 6.10 Å². The summed E-state index contributed by atoms with van der Waals surface area (Å²) in [5.74, 6) is 2.24. The van der Waals surface area contributed by atoms with Gasteiger partial charge in [-0.15, -0.1) is 8.58 Å². The fourth-order valence-electron chi connectivity index (χ4n) is 0.470. The van der Waals surface area contributed by atoms with Crippen LogP contribution in [0.4, 0.5) is 4.79 Å². The zero-order chi connectivity index (χ0) is 11.0. The summed E-state index contributed by atoms with van der Waals surface area (Å²) in [4.78, 5) is 11.0. The second-order valence-electron chi connectivity index (χ2n) is 3.09. The maximum atomic E-state index is 11.0. The van der Waals surface area contributed by atoms with Crippen LogP contribution in [0.25, 0.3) is 0 Å². The smallest absolute Gasteiger partial charge is 0.430 e. The molecule has 0 spiro atoms. The van der Waals surface area contributed by atoms with Crippen LogP contribution in [0.3, 0.4) is 0 Å². The van der Waals surface area contributed by atoms with Gasteiger partial charge in [-0.3, -0.25) is 0 Å². The van der Waals surface area contributed by atoms with Crippen LogP contribution in [0.5, 0.6) is 0 Å². The minimum absolute atomic E-state index is 0.111. The molecule has 0 aliphatic rings. The van der Waals surface area contributed by atoms with Gasteiger partial charge >= 0.3 is 6.16 Å². The van der Waals surface area contributed by atoms with Crippen LogP contribution >= 0.6 is 20.6 Å². The maximum Gasteiger partial charge on any atom is 0.521 e. The second-order valence-corrected chi connectivity index (χ2v) is 4.63. The predicted octanol–water partition coefficient (Wildman–Crippen LogP) is 3.61. The molecule has 0 amide bonds. The van der Waals surface area contributed by atoms with Crippen molar-refractivity contribution >= 4 is 26.8 Å². The molecule has 5 heteroatoms. The molecular formula is C9H17O3PS. The van der Waals surface area contributed by atoms with Gasteiger partial charge in [-0.1, -0.05) is 19.7 Å². The van der Waals surface area contributed by atoms with E-state index in [0.717, 1.165) is 20.6 Å². The molecule has 2 atom stereocenters. The predicted molar refractivity (Wildman–Crippen MR) is 62.8 cm³/mol. The number of hydrogen-bond donors (Lipinski definition) is 0. The quantitative estimate of drug-likeness (QED) is 0.415. The van der Waals surface area contributed by atoms with Crippen LogP contribution in [0.2, 0.25) is 0 Å². The largest absolute Gasteiger partial charge is 0.521 e. The van der Waals surface area contributed by atoms with E-state index in [2.05, 4.69) is 0 Å². The Morgan fingerprint density at radius 2 is 2.07 bits per heavy atom. The van der Waals surface area contributed by atoms with E-state index in [1.165, 1.54) is 0 Å². The first-order chi connectivity index (χ1) is 6.57. The van der Waals surface area contributed by atoms with Gasteiger partial charge in [-0.05, 0) is 19.5 Å². The molecule has 0 saturated carbocycles. The highest BCUT2D eigenvalue weighted by atomic mass is 32.2. The molecule has 2 unspecified atom stereocenters. The van der Waals surface area contributed by atoms with Crippen LogP contribution in [0, 0.1) is 5.92 Å². The molecule has 0 aromatic carbocycles. The summed E-state index contributed by atoms with van der Waals surface area (Å²) in [6, 6.07) is 0. The summed E-state index contributed by atoms with van der Waals surface area (Å²) in [7, 11) is 0.720. The average Bonchev–Trinajstić information content (AvgIpc) is 2.12. The third kappa shape index (κ3) is 7.22. The topological polar surface area (TPSA) is 35.5 Å². The molecule has 3 nitrogen and oxygen atoms in total. The van der Waals surface area contributed by atoms with E-state index in [0.29, 0.717) is 5.92 Å². The van der Waals surface area contributed by atoms with E-state index in [4.69, 9.17) is 8.92 Å². The molecule has 0 fully saturated rings. The van der Waals surface area contributed by atoms with Gasteiger partial charge in [-0.2, -0.15) is 0 Å². The Balaban J connectivity index is 3.60. The van der Waals surface area contributed by atoms with Crippen LogP contribution in [0.15, 0.2) is 11.2 Å². The summed E-state index contributed by atoms with van der Waals surface area (Å²) >= 11 is 0.991. The molecule has 0 aromatic heterocycles. The van der Waals surface area contributed by atoms with Gasteiger partial charge in [-0.25, -0.2) is 4.79 Å². The van der Waals surface area contributed by atoms with E-state index < -0.39 is 6.16 Å². The van der Waals surface area contributed by atoms with Gasteiger partial charge in [0.25, 0.3) is 0 Å². The Labute approximate surface area is 91.6 Å². The van der Waals surface area contributed by atoms with E-state index in [9.17, 15) is 4.79 Å². The molecule has 0 radical (unpaired) electrons. The lowest BCUT2D eigenvalue weighted by molar-refractivity contribution is 0.0518. The standard InChI is InChI=1S/C9H17O3PS/c1-7(2)8(3)11-9(10)12-14-6-5-13-4/h5-8,13H,1-4H3/b6-5+. The van der Waals surface area contributed by atoms with E-state index in [1.807, 2.05) is 33.3 Å². The third-order valence-electron chi connectivity index (χ3n) is 1.63. The molecule has 14 heavy (non-hydrogen) atoms. The monoisotopic (exact) mass is 236 g/mol. The molecule has 0 aliphatic heterocycles. The highest BCUT2D eigenvalue weighted by Gasteiger charge is 2.13. The van der Waals surface area contributed by atoms with Crippen molar-refractivity contribution in [3.05, 3.63) is 11.2 Å². The van der Waals surface area contributed by atoms with Crippen molar-refractivity contribution in [3.63, 3.8) is 0 Å². The molecule has 0 rings (SSSR count). The van der Waals surface area contributed by atoms with Crippen molar-refractivity contribution in [2.24, 2.45) is 5.92 Å². The normalized spacial score (nSPS) is 14.1. The van der Waals surface area contributed by atoms with Crippen LogP contribution in [0.1, 0.15) is 20.8 Å². The van der Waals surface area contributed by atoms with Gasteiger partial charge in [0.05, 0.1) is 12.0 Å².